The highest BCUT2D eigenvalue weighted by Crippen LogP contribution is 2.22. The number of aryl methyl sites for hydroxylation is 1. The quantitative estimate of drug-likeness (QED) is 0.717. The normalized spacial score (nSPS) is 13.5. The van der Waals surface area contributed by atoms with Crippen LogP contribution in [0.15, 0.2) is 48.8 Å². The Kier molecular flexibility index (Phi) is 4.67. The van der Waals surface area contributed by atoms with E-state index in [0.717, 1.165) is 36.2 Å². The molecule has 1 aromatic carbocycles. The minimum absolute atomic E-state index is 0.120. The molecule has 6 nitrogen and oxygen atoms in total. The highest BCUT2D eigenvalue weighted by atomic mass is 16.1. The van der Waals surface area contributed by atoms with Crippen molar-refractivity contribution in [1.82, 2.24) is 14.5 Å². The lowest BCUT2D eigenvalue weighted by atomic mass is 10.1. The smallest absolute Gasteiger partial charge is 0.227 e. The van der Waals surface area contributed by atoms with E-state index >= 15 is 0 Å². The molecular weight excluding hydrogens is 338 g/mol. The van der Waals surface area contributed by atoms with Crippen LogP contribution < -0.4 is 5.32 Å². The molecule has 0 aliphatic heterocycles. The molecule has 1 aliphatic rings. The number of nitrogens with zero attached hydrogens (tertiary/aromatic N) is 4. The summed E-state index contributed by atoms with van der Waals surface area (Å²) in [6, 6.07) is 14.0. The van der Waals surface area contributed by atoms with Gasteiger partial charge in [-0.3, -0.25) is 4.79 Å². The molecular formula is C21H19N5O. The first kappa shape index (κ1) is 17.0. The number of fused-ring (bicyclic) bond motifs is 1. The SMILES string of the molecule is N#Cc1cc(Nc2ncc3c(n2)CCCCC3=O)cn1Cc1ccccc1. The predicted molar refractivity (Wildman–Crippen MR) is 102 cm³/mol. The predicted octanol–water partition coefficient (Wildman–Crippen LogP) is 3.85. The van der Waals surface area contributed by atoms with Crippen LogP contribution in [0.4, 0.5) is 11.6 Å². The van der Waals surface area contributed by atoms with E-state index < -0.39 is 0 Å². The summed E-state index contributed by atoms with van der Waals surface area (Å²) < 4.78 is 1.89. The molecule has 2 aromatic heterocycles. The second kappa shape index (κ2) is 7.42. The lowest BCUT2D eigenvalue weighted by Gasteiger charge is -2.07. The fourth-order valence-corrected chi connectivity index (χ4v) is 3.32. The first-order valence-corrected chi connectivity index (χ1v) is 9.03. The van der Waals surface area contributed by atoms with Crippen molar-refractivity contribution in [3.8, 4) is 6.07 Å². The maximum Gasteiger partial charge on any atom is 0.227 e. The molecule has 4 rings (SSSR count). The Hall–Kier alpha value is -3.46. The molecule has 0 fully saturated rings. The van der Waals surface area contributed by atoms with Gasteiger partial charge in [0.05, 0.1) is 16.9 Å². The summed E-state index contributed by atoms with van der Waals surface area (Å²) in [5.74, 6) is 0.569. The van der Waals surface area contributed by atoms with Gasteiger partial charge in [0.2, 0.25) is 5.95 Å². The van der Waals surface area contributed by atoms with E-state index in [9.17, 15) is 10.1 Å². The van der Waals surface area contributed by atoms with Gasteiger partial charge in [-0.05, 0) is 30.9 Å². The number of carbonyl (C=O) groups excluding carboxylic acids is 1. The zero-order valence-electron chi connectivity index (χ0n) is 14.9. The Balaban J connectivity index is 1.57. The van der Waals surface area contributed by atoms with Crippen molar-refractivity contribution in [3.63, 3.8) is 0 Å². The van der Waals surface area contributed by atoms with Crippen molar-refractivity contribution in [2.75, 3.05) is 5.32 Å². The maximum atomic E-state index is 12.1. The van der Waals surface area contributed by atoms with Crippen LogP contribution in [0.2, 0.25) is 0 Å². The fourth-order valence-electron chi connectivity index (χ4n) is 3.32. The molecule has 1 aliphatic carbocycles. The molecule has 0 bridgehead atoms. The maximum absolute atomic E-state index is 12.1. The van der Waals surface area contributed by atoms with Crippen LogP contribution in [0.3, 0.4) is 0 Å². The van der Waals surface area contributed by atoms with Crippen molar-refractivity contribution in [1.29, 1.82) is 5.26 Å². The molecule has 27 heavy (non-hydrogen) atoms. The van der Waals surface area contributed by atoms with Crippen molar-refractivity contribution < 1.29 is 4.79 Å². The first-order chi connectivity index (χ1) is 13.2. The van der Waals surface area contributed by atoms with Gasteiger partial charge in [0.1, 0.15) is 11.8 Å². The number of Topliss-reactive ketones (excluding diaryl/α,β-unsaturated/α-hetero) is 1. The third-order valence-electron chi connectivity index (χ3n) is 4.70. The van der Waals surface area contributed by atoms with Gasteiger partial charge >= 0.3 is 0 Å². The van der Waals surface area contributed by atoms with Crippen LogP contribution in [-0.4, -0.2) is 20.3 Å². The van der Waals surface area contributed by atoms with E-state index in [-0.39, 0.29) is 5.78 Å². The highest BCUT2D eigenvalue weighted by molar-refractivity contribution is 5.97. The van der Waals surface area contributed by atoms with Gasteiger partial charge in [-0.1, -0.05) is 30.3 Å². The zero-order chi connectivity index (χ0) is 18.6. The number of benzene rings is 1. The molecule has 6 heteroatoms. The summed E-state index contributed by atoms with van der Waals surface area (Å²) in [6.45, 7) is 0.616. The largest absolute Gasteiger partial charge is 0.333 e. The van der Waals surface area contributed by atoms with Crippen LogP contribution in [0.5, 0.6) is 0 Å². The standard InChI is InChI=1S/C21H19N5O/c22-11-17-10-16(14-26(17)13-15-6-2-1-3-7-15)24-21-23-12-18-19(25-21)8-4-5-9-20(18)27/h1-3,6-7,10,12,14H,4-5,8-9,13H2,(H,23,24,25). The molecule has 0 amide bonds. The summed E-state index contributed by atoms with van der Waals surface area (Å²) in [6.07, 6.45) is 6.71. The van der Waals surface area contributed by atoms with Crippen molar-refractivity contribution in [3.05, 3.63) is 71.3 Å². The van der Waals surface area contributed by atoms with E-state index in [0.29, 0.717) is 30.2 Å². The number of aromatic nitrogens is 3. The van der Waals surface area contributed by atoms with E-state index in [1.54, 1.807) is 12.3 Å². The fraction of sp³-hybridized carbons (Fsp3) is 0.238. The van der Waals surface area contributed by atoms with E-state index in [4.69, 9.17) is 0 Å². The second-order valence-corrected chi connectivity index (χ2v) is 6.65. The Morgan fingerprint density at radius 2 is 2.00 bits per heavy atom. The second-order valence-electron chi connectivity index (χ2n) is 6.65. The minimum atomic E-state index is 0.120. The van der Waals surface area contributed by atoms with Gasteiger partial charge in [-0.2, -0.15) is 5.26 Å². The van der Waals surface area contributed by atoms with Gasteiger partial charge in [-0.15, -0.1) is 0 Å². The Bertz CT molecular complexity index is 1020. The van der Waals surface area contributed by atoms with Gasteiger partial charge in [0.25, 0.3) is 0 Å². The lowest BCUT2D eigenvalue weighted by Crippen LogP contribution is -2.06. The number of hydrogen-bond donors (Lipinski definition) is 1. The van der Waals surface area contributed by atoms with Crippen LogP contribution in [0.25, 0.3) is 0 Å². The molecule has 0 saturated heterocycles. The van der Waals surface area contributed by atoms with Crippen LogP contribution in [0, 0.1) is 11.3 Å². The Labute approximate surface area is 157 Å². The van der Waals surface area contributed by atoms with Gasteiger partial charge in [0, 0.05) is 25.4 Å². The van der Waals surface area contributed by atoms with E-state index in [1.807, 2.05) is 41.1 Å². The van der Waals surface area contributed by atoms with Crippen LogP contribution in [-0.2, 0) is 13.0 Å². The number of nitrogens with one attached hydrogen (secondary N) is 1. The Morgan fingerprint density at radius 1 is 1.19 bits per heavy atom. The Morgan fingerprint density at radius 3 is 2.81 bits per heavy atom. The number of anilines is 2. The number of nitriles is 1. The summed E-state index contributed by atoms with van der Waals surface area (Å²) >= 11 is 0. The highest BCUT2D eigenvalue weighted by Gasteiger charge is 2.18. The summed E-state index contributed by atoms with van der Waals surface area (Å²) in [4.78, 5) is 20.9. The lowest BCUT2D eigenvalue weighted by molar-refractivity contribution is 0.0981. The number of ketones is 1. The van der Waals surface area contributed by atoms with Gasteiger partial charge < -0.3 is 9.88 Å². The third-order valence-corrected chi connectivity index (χ3v) is 4.70. The molecule has 0 atom stereocenters. The summed E-state index contributed by atoms with van der Waals surface area (Å²) in [5, 5.41) is 12.6. The molecule has 0 saturated carbocycles. The van der Waals surface area contributed by atoms with Crippen molar-refractivity contribution in [2.24, 2.45) is 0 Å². The molecule has 2 heterocycles. The van der Waals surface area contributed by atoms with E-state index in [2.05, 4.69) is 21.4 Å². The van der Waals surface area contributed by atoms with E-state index in [1.165, 1.54) is 0 Å². The average molecular weight is 357 g/mol. The third kappa shape index (κ3) is 3.72. The minimum Gasteiger partial charge on any atom is -0.333 e. The average Bonchev–Trinajstić information content (AvgIpc) is 2.97. The molecule has 134 valence electrons. The van der Waals surface area contributed by atoms with Crippen molar-refractivity contribution >= 4 is 17.4 Å². The van der Waals surface area contributed by atoms with Crippen molar-refractivity contribution in [2.45, 2.75) is 32.2 Å². The molecule has 0 radical (unpaired) electrons. The topological polar surface area (TPSA) is 83.6 Å². The van der Waals surface area contributed by atoms with Crippen LogP contribution in [0.1, 0.15) is 46.6 Å². The van der Waals surface area contributed by atoms with Gasteiger partial charge in [0.15, 0.2) is 5.78 Å². The summed E-state index contributed by atoms with van der Waals surface area (Å²) in [5.41, 5.74) is 3.88. The molecule has 0 unspecified atom stereocenters. The van der Waals surface area contributed by atoms with Gasteiger partial charge in [-0.25, -0.2) is 9.97 Å². The monoisotopic (exact) mass is 357 g/mol. The first-order valence-electron chi connectivity index (χ1n) is 9.03. The number of hydrogen-bond acceptors (Lipinski definition) is 5. The van der Waals surface area contributed by atoms with Crippen LogP contribution >= 0.6 is 0 Å². The molecule has 3 aromatic rings. The number of carbonyl (C=O) groups is 1. The molecule has 1 N–H and O–H groups in total. The molecule has 0 spiro atoms. The zero-order valence-corrected chi connectivity index (χ0v) is 14.9. The summed E-state index contributed by atoms with van der Waals surface area (Å²) in [7, 11) is 0. The number of rotatable bonds is 4.